The third-order valence-electron chi connectivity index (χ3n) is 3.99. The highest BCUT2D eigenvalue weighted by molar-refractivity contribution is 6.32. The summed E-state index contributed by atoms with van der Waals surface area (Å²) in [6, 6.07) is 11.7. The van der Waals surface area contributed by atoms with Gasteiger partial charge in [-0.15, -0.1) is 0 Å². The first kappa shape index (κ1) is 14.4. The van der Waals surface area contributed by atoms with Crippen LogP contribution in [0.15, 0.2) is 36.4 Å². The van der Waals surface area contributed by atoms with Crippen molar-refractivity contribution in [3.63, 3.8) is 0 Å². The molecule has 0 saturated carbocycles. The molecular formula is C18H19ClO2. The first-order chi connectivity index (χ1) is 10.1. The Morgan fingerprint density at radius 3 is 2.52 bits per heavy atom. The second-order valence-corrected chi connectivity index (χ2v) is 6.01. The summed E-state index contributed by atoms with van der Waals surface area (Å²) in [5, 5.41) is 10.1. The third-order valence-corrected chi connectivity index (χ3v) is 4.28. The fraction of sp³-hybridized carbons (Fsp3) is 0.333. The smallest absolute Gasteiger partial charge is 0.146 e. The van der Waals surface area contributed by atoms with Crippen molar-refractivity contribution in [2.24, 2.45) is 0 Å². The summed E-state index contributed by atoms with van der Waals surface area (Å²) in [4.78, 5) is 0. The summed E-state index contributed by atoms with van der Waals surface area (Å²) in [7, 11) is 0. The maximum absolute atomic E-state index is 9.56. The Balaban J connectivity index is 1.83. The Morgan fingerprint density at radius 1 is 1.05 bits per heavy atom. The van der Waals surface area contributed by atoms with Crippen molar-refractivity contribution < 1.29 is 9.84 Å². The molecule has 21 heavy (non-hydrogen) atoms. The molecule has 1 atom stereocenters. The van der Waals surface area contributed by atoms with Crippen molar-refractivity contribution >= 4 is 11.6 Å². The van der Waals surface area contributed by atoms with E-state index in [0.717, 1.165) is 17.7 Å². The molecule has 0 bridgehead atoms. The van der Waals surface area contributed by atoms with Crippen molar-refractivity contribution in [2.75, 3.05) is 0 Å². The van der Waals surface area contributed by atoms with Crippen LogP contribution in [-0.4, -0.2) is 5.11 Å². The van der Waals surface area contributed by atoms with Gasteiger partial charge in [-0.25, -0.2) is 0 Å². The molecule has 2 nitrogen and oxygen atoms in total. The van der Waals surface area contributed by atoms with Gasteiger partial charge in [0.25, 0.3) is 0 Å². The molecule has 0 aliphatic heterocycles. The van der Waals surface area contributed by atoms with Crippen LogP contribution in [0, 0.1) is 0 Å². The lowest BCUT2D eigenvalue weighted by molar-refractivity contribution is 0.199. The summed E-state index contributed by atoms with van der Waals surface area (Å²) in [6.07, 6.45) is 4.29. The van der Waals surface area contributed by atoms with Gasteiger partial charge in [-0.3, -0.25) is 0 Å². The van der Waals surface area contributed by atoms with Crippen LogP contribution in [0.5, 0.6) is 11.5 Å². The first-order valence-corrected chi connectivity index (χ1v) is 7.78. The van der Waals surface area contributed by atoms with E-state index in [-0.39, 0.29) is 0 Å². The largest absolute Gasteiger partial charge is 0.456 e. The van der Waals surface area contributed by atoms with Crippen molar-refractivity contribution in [3.05, 3.63) is 58.1 Å². The normalized spacial score (nSPS) is 15.4. The first-order valence-electron chi connectivity index (χ1n) is 7.40. The van der Waals surface area contributed by atoms with Crippen molar-refractivity contribution in [2.45, 2.75) is 38.7 Å². The number of hydrogen-bond donors (Lipinski definition) is 1. The average Bonchev–Trinajstić information content (AvgIpc) is 2.49. The molecule has 0 heterocycles. The van der Waals surface area contributed by atoms with Crippen LogP contribution in [0.2, 0.25) is 5.02 Å². The summed E-state index contributed by atoms with van der Waals surface area (Å²) < 4.78 is 5.90. The lowest BCUT2D eigenvalue weighted by atomic mass is 9.92. The topological polar surface area (TPSA) is 29.5 Å². The van der Waals surface area contributed by atoms with Gasteiger partial charge < -0.3 is 9.84 Å². The Kier molecular flexibility index (Phi) is 4.18. The van der Waals surface area contributed by atoms with E-state index in [1.54, 1.807) is 13.0 Å². The van der Waals surface area contributed by atoms with E-state index in [0.29, 0.717) is 10.8 Å². The molecule has 110 valence electrons. The van der Waals surface area contributed by atoms with Gasteiger partial charge in [0.2, 0.25) is 0 Å². The molecular weight excluding hydrogens is 284 g/mol. The maximum atomic E-state index is 9.56. The van der Waals surface area contributed by atoms with E-state index in [1.807, 2.05) is 18.2 Å². The van der Waals surface area contributed by atoms with Crippen LogP contribution in [0.25, 0.3) is 0 Å². The van der Waals surface area contributed by atoms with Gasteiger partial charge in [0.05, 0.1) is 11.1 Å². The zero-order chi connectivity index (χ0) is 14.8. The zero-order valence-corrected chi connectivity index (χ0v) is 12.9. The molecule has 0 fully saturated rings. The van der Waals surface area contributed by atoms with E-state index in [2.05, 4.69) is 12.1 Å². The third kappa shape index (κ3) is 3.22. The number of hydrogen-bond acceptors (Lipinski definition) is 2. The molecule has 0 saturated heterocycles. The molecule has 3 heteroatoms. The van der Waals surface area contributed by atoms with E-state index in [9.17, 15) is 5.11 Å². The van der Waals surface area contributed by atoms with Gasteiger partial charge in [-0.1, -0.05) is 23.7 Å². The molecule has 0 radical (unpaired) electrons. The van der Waals surface area contributed by atoms with Crippen molar-refractivity contribution in [3.8, 4) is 11.5 Å². The molecule has 1 N–H and O–H groups in total. The number of rotatable bonds is 3. The average molecular weight is 303 g/mol. The Bertz CT molecular complexity index is 650. The molecule has 2 aromatic rings. The molecule has 3 rings (SSSR count). The minimum absolute atomic E-state index is 0.520. The number of aryl methyl sites for hydroxylation is 2. The highest BCUT2D eigenvalue weighted by Gasteiger charge is 2.12. The summed E-state index contributed by atoms with van der Waals surface area (Å²) in [6.45, 7) is 1.72. The predicted octanol–water partition coefficient (Wildman–Crippen LogP) is 5.06. The number of aliphatic hydroxyl groups is 1. The molecule has 0 amide bonds. The highest BCUT2D eigenvalue weighted by Crippen LogP contribution is 2.33. The fourth-order valence-corrected chi connectivity index (χ4v) is 2.99. The quantitative estimate of drug-likeness (QED) is 0.858. The standard InChI is InChI=1S/C18H19ClO2/c1-12(20)14-7-9-18(17(19)11-14)21-16-8-6-13-4-2-3-5-15(13)10-16/h6-12,20H,2-5H2,1H3/t12-/m0/s1. The minimum Gasteiger partial charge on any atom is -0.456 e. The monoisotopic (exact) mass is 302 g/mol. The van der Waals surface area contributed by atoms with Gasteiger partial charge in [0, 0.05) is 0 Å². The van der Waals surface area contributed by atoms with Crippen LogP contribution in [-0.2, 0) is 12.8 Å². The summed E-state index contributed by atoms with van der Waals surface area (Å²) >= 11 is 6.23. The van der Waals surface area contributed by atoms with E-state index in [4.69, 9.17) is 16.3 Å². The van der Waals surface area contributed by atoms with E-state index < -0.39 is 6.10 Å². The Morgan fingerprint density at radius 2 is 1.81 bits per heavy atom. The van der Waals surface area contributed by atoms with Crippen LogP contribution in [0.4, 0.5) is 0 Å². The van der Waals surface area contributed by atoms with Crippen molar-refractivity contribution in [1.29, 1.82) is 0 Å². The number of benzene rings is 2. The van der Waals surface area contributed by atoms with Crippen LogP contribution in [0.1, 0.15) is 42.6 Å². The molecule has 2 aromatic carbocycles. The van der Waals surface area contributed by atoms with Crippen LogP contribution >= 0.6 is 11.6 Å². The Hall–Kier alpha value is -1.51. The summed E-state index contributed by atoms with van der Waals surface area (Å²) in [5.41, 5.74) is 3.61. The minimum atomic E-state index is -0.528. The number of ether oxygens (including phenoxy) is 1. The predicted molar refractivity (Wildman–Crippen MR) is 85.2 cm³/mol. The number of fused-ring (bicyclic) bond motifs is 1. The lowest BCUT2D eigenvalue weighted by Gasteiger charge is -2.17. The molecule has 0 spiro atoms. The number of halogens is 1. The van der Waals surface area contributed by atoms with Gasteiger partial charge in [-0.05, 0) is 73.6 Å². The fourth-order valence-electron chi connectivity index (χ4n) is 2.76. The second-order valence-electron chi connectivity index (χ2n) is 5.61. The van der Waals surface area contributed by atoms with Gasteiger partial charge in [-0.2, -0.15) is 0 Å². The molecule has 1 aliphatic carbocycles. The van der Waals surface area contributed by atoms with Crippen LogP contribution in [0.3, 0.4) is 0 Å². The van der Waals surface area contributed by atoms with Gasteiger partial charge in [0.15, 0.2) is 0 Å². The van der Waals surface area contributed by atoms with E-state index >= 15 is 0 Å². The SMILES string of the molecule is C[C@H](O)c1ccc(Oc2ccc3c(c2)CCCC3)c(Cl)c1. The van der Waals surface area contributed by atoms with Gasteiger partial charge in [0.1, 0.15) is 11.5 Å². The van der Waals surface area contributed by atoms with Crippen molar-refractivity contribution in [1.82, 2.24) is 0 Å². The molecule has 0 unspecified atom stereocenters. The lowest BCUT2D eigenvalue weighted by Crippen LogP contribution is -2.02. The second kappa shape index (κ2) is 6.08. The Labute approximate surface area is 130 Å². The van der Waals surface area contributed by atoms with Gasteiger partial charge >= 0.3 is 0 Å². The summed E-state index contributed by atoms with van der Waals surface area (Å²) in [5.74, 6) is 1.44. The van der Waals surface area contributed by atoms with Crippen LogP contribution < -0.4 is 4.74 Å². The molecule has 0 aromatic heterocycles. The van der Waals surface area contributed by atoms with E-state index in [1.165, 1.54) is 30.4 Å². The molecule has 1 aliphatic rings. The maximum Gasteiger partial charge on any atom is 0.146 e. The zero-order valence-electron chi connectivity index (χ0n) is 12.1. The number of aliphatic hydroxyl groups excluding tert-OH is 1. The highest BCUT2D eigenvalue weighted by atomic mass is 35.5.